The van der Waals surface area contributed by atoms with E-state index in [1.54, 1.807) is 22.2 Å². The zero-order valence-electron chi connectivity index (χ0n) is 18.2. The lowest BCUT2D eigenvalue weighted by Gasteiger charge is -2.25. The zero-order chi connectivity index (χ0) is 23.9. The Kier molecular flexibility index (Phi) is 5.78. The van der Waals surface area contributed by atoms with Gasteiger partial charge in [0.25, 0.3) is 5.91 Å². The molecule has 1 aliphatic carbocycles. The van der Waals surface area contributed by atoms with Gasteiger partial charge >= 0.3 is 6.36 Å². The molecule has 180 valence electrons. The van der Waals surface area contributed by atoms with Crippen LogP contribution in [-0.4, -0.2) is 69.7 Å². The lowest BCUT2D eigenvalue weighted by molar-refractivity contribution is -0.274. The molecular formula is C23H23F3N4O4. The maximum Gasteiger partial charge on any atom is 0.573 e. The van der Waals surface area contributed by atoms with Crippen LogP contribution in [-0.2, 0) is 4.79 Å². The van der Waals surface area contributed by atoms with Crippen LogP contribution in [0.5, 0.6) is 11.6 Å². The summed E-state index contributed by atoms with van der Waals surface area (Å²) in [6, 6.07) is 4.57. The van der Waals surface area contributed by atoms with Gasteiger partial charge in [-0.25, -0.2) is 4.98 Å². The van der Waals surface area contributed by atoms with Crippen LogP contribution in [0.2, 0.25) is 0 Å². The van der Waals surface area contributed by atoms with Crippen molar-refractivity contribution in [3.63, 3.8) is 0 Å². The molecule has 1 aromatic heterocycles. The van der Waals surface area contributed by atoms with Crippen LogP contribution in [0.1, 0.15) is 47.7 Å². The second-order valence-corrected chi connectivity index (χ2v) is 8.80. The third-order valence-corrected chi connectivity index (χ3v) is 6.28. The van der Waals surface area contributed by atoms with E-state index in [2.05, 4.69) is 14.7 Å². The minimum atomic E-state index is -4.80. The average molecular weight is 476 g/mol. The first-order valence-electron chi connectivity index (χ1n) is 11.2. The molecule has 2 amide bonds. The third kappa shape index (κ3) is 5.07. The van der Waals surface area contributed by atoms with Crippen molar-refractivity contribution in [2.45, 2.75) is 50.1 Å². The van der Waals surface area contributed by atoms with Gasteiger partial charge in [-0.3, -0.25) is 14.6 Å². The predicted octanol–water partition coefficient (Wildman–Crippen LogP) is 3.15. The zero-order valence-corrected chi connectivity index (χ0v) is 18.2. The number of carbonyl (C=O) groups is 2. The van der Waals surface area contributed by atoms with Crippen LogP contribution >= 0.6 is 0 Å². The summed E-state index contributed by atoms with van der Waals surface area (Å²) in [7, 11) is 0. The molecule has 3 heterocycles. The minimum absolute atomic E-state index is 0.0597. The van der Waals surface area contributed by atoms with Gasteiger partial charge in [0.15, 0.2) is 0 Å². The third-order valence-electron chi connectivity index (χ3n) is 6.28. The van der Waals surface area contributed by atoms with Gasteiger partial charge in [0, 0.05) is 37.4 Å². The van der Waals surface area contributed by atoms with Crippen molar-refractivity contribution in [1.29, 1.82) is 0 Å². The molecule has 3 aliphatic rings. The van der Waals surface area contributed by atoms with Gasteiger partial charge in [0.1, 0.15) is 11.9 Å². The fraction of sp³-hybridized carbons (Fsp3) is 0.478. The molecule has 0 radical (unpaired) electrons. The number of amides is 2. The Bertz CT molecular complexity index is 1060. The molecule has 0 unspecified atom stereocenters. The summed E-state index contributed by atoms with van der Waals surface area (Å²) >= 11 is 0. The first-order valence-corrected chi connectivity index (χ1v) is 11.2. The minimum Gasteiger partial charge on any atom is -0.471 e. The lowest BCUT2D eigenvalue weighted by atomic mass is 10.1. The topological polar surface area (TPSA) is 84.9 Å². The average Bonchev–Trinajstić information content (AvgIpc) is 3.59. The number of hydrogen-bond donors (Lipinski definition) is 0. The summed E-state index contributed by atoms with van der Waals surface area (Å²) in [5.74, 6) is 0.105. The van der Waals surface area contributed by atoms with Crippen LogP contribution in [0.25, 0.3) is 0 Å². The molecule has 2 saturated heterocycles. The smallest absolute Gasteiger partial charge is 0.471 e. The number of aromatic nitrogens is 2. The first-order chi connectivity index (χ1) is 16.2. The lowest BCUT2D eigenvalue weighted by Crippen LogP contribution is -2.40. The summed E-state index contributed by atoms with van der Waals surface area (Å²) in [6.07, 6.45) is 1.27. The van der Waals surface area contributed by atoms with Crippen molar-refractivity contribution in [2.75, 3.05) is 19.6 Å². The molecule has 8 nitrogen and oxygen atoms in total. The van der Waals surface area contributed by atoms with E-state index in [4.69, 9.17) is 4.74 Å². The van der Waals surface area contributed by atoms with E-state index in [9.17, 15) is 22.8 Å². The summed E-state index contributed by atoms with van der Waals surface area (Å²) < 4.78 is 46.9. The Labute approximate surface area is 193 Å². The number of rotatable bonds is 5. The maximum absolute atomic E-state index is 13.0. The molecule has 0 bridgehead atoms. The number of ether oxygens (including phenoxy) is 2. The van der Waals surface area contributed by atoms with E-state index in [-0.39, 0.29) is 42.5 Å². The van der Waals surface area contributed by atoms with Crippen LogP contribution in [0.4, 0.5) is 13.2 Å². The predicted molar refractivity (Wildman–Crippen MR) is 112 cm³/mol. The van der Waals surface area contributed by atoms with Crippen molar-refractivity contribution in [3.05, 3.63) is 47.9 Å². The number of hydrogen-bond acceptors (Lipinski definition) is 6. The highest BCUT2D eigenvalue weighted by molar-refractivity contribution is 5.95. The first kappa shape index (κ1) is 22.4. The molecule has 2 aliphatic heterocycles. The quantitative estimate of drug-likeness (QED) is 0.659. The highest BCUT2D eigenvalue weighted by Crippen LogP contribution is 2.38. The molecule has 0 N–H and O–H groups in total. The van der Waals surface area contributed by atoms with Gasteiger partial charge in [-0.1, -0.05) is 0 Å². The standard InChI is InChI=1S/C23H23F3N4O4/c24-23(25,26)34-17-5-3-15(4-6-17)22(32)29-8-7-21(31)30-13-18(9-16(30)12-29)33-20-11-27-19(10-28-20)14-1-2-14/h3-6,10-11,14,16,18H,1-2,7-9,12-13H2/t16-,18+/m0/s1. The fourth-order valence-corrected chi connectivity index (χ4v) is 4.47. The van der Waals surface area contributed by atoms with Gasteiger partial charge < -0.3 is 19.3 Å². The van der Waals surface area contributed by atoms with Crippen molar-refractivity contribution >= 4 is 11.8 Å². The monoisotopic (exact) mass is 476 g/mol. The molecule has 2 aromatic rings. The van der Waals surface area contributed by atoms with Crippen LogP contribution in [0, 0.1) is 0 Å². The molecule has 2 atom stereocenters. The molecule has 1 aromatic carbocycles. The summed E-state index contributed by atoms with van der Waals surface area (Å²) in [6.45, 7) is 0.962. The number of fused-ring (bicyclic) bond motifs is 1. The normalized spacial score (nSPS) is 22.9. The number of halogens is 3. The van der Waals surface area contributed by atoms with Gasteiger partial charge in [-0.2, -0.15) is 0 Å². The summed E-state index contributed by atoms with van der Waals surface area (Å²) in [5.41, 5.74) is 1.20. The molecule has 0 spiro atoms. The highest BCUT2D eigenvalue weighted by Gasteiger charge is 2.40. The van der Waals surface area contributed by atoms with Gasteiger partial charge in [0.2, 0.25) is 11.8 Å². The van der Waals surface area contributed by atoms with Crippen molar-refractivity contribution in [1.82, 2.24) is 19.8 Å². The van der Waals surface area contributed by atoms with E-state index in [0.717, 1.165) is 30.7 Å². The van der Waals surface area contributed by atoms with Crippen LogP contribution < -0.4 is 9.47 Å². The van der Waals surface area contributed by atoms with Gasteiger partial charge in [0.05, 0.1) is 30.7 Å². The number of benzene rings is 1. The Hall–Kier alpha value is -3.37. The molecule has 11 heteroatoms. The Morgan fingerprint density at radius 3 is 2.47 bits per heavy atom. The van der Waals surface area contributed by atoms with E-state index >= 15 is 0 Å². The molecule has 5 rings (SSSR count). The van der Waals surface area contributed by atoms with E-state index in [0.29, 0.717) is 31.3 Å². The van der Waals surface area contributed by atoms with E-state index in [1.807, 2.05) is 0 Å². The Morgan fingerprint density at radius 1 is 1.06 bits per heavy atom. The molecule has 1 saturated carbocycles. The highest BCUT2D eigenvalue weighted by atomic mass is 19.4. The number of nitrogens with zero attached hydrogens (tertiary/aromatic N) is 4. The molecular weight excluding hydrogens is 453 g/mol. The molecule has 34 heavy (non-hydrogen) atoms. The SMILES string of the molecule is O=C(c1ccc(OC(F)(F)F)cc1)N1CCC(=O)N2C[C@H](Oc3cnc(C4CC4)cn3)C[C@H]2C1. The Balaban J connectivity index is 1.22. The van der Waals surface area contributed by atoms with Gasteiger partial charge in [-0.15, -0.1) is 13.2 Å². The Morgan fingerprint density at radius 2 is 1.82 bits per heavy atom. The van der Waals surface area contributed by atoms with Crippen molar-refractivity contribution in [3.8, 4) is 11.6 Å². The van der Waals surface area contributed by atoms with E-state index < -0.39 is 12.1 Å². The second kappa shape index (κ2) is 8.77. The van der Waals surface area contributed by atoms with E-state index in [1.165, 1.54) is 12.1 Å². The van der Waals surface area contributed by atoms with Crippen LogP contribution in [0.3, 0.4) is 0 Å². The second-order valence-electron chi connectivity index (χ2n) is 8.80. The number of alkyl halides is 3. The van der Waals surface area contributed by atoms with Crippen molar-refractivity contribution in [2.24, 2.45) is 0 Å². The summed E-state index contributed by atoms with van der Waals surface area (Å²) in [5, 5.41) is 0. The largest absolute Gasteiger partial charge is 0.573 e. The maximum atomic E-state index is 13.0. The van der Waals surface area contributed by atoms with Crippen molar-refractivity contribution < 1.29 is 32.2 Å². The fourth-order valence-electron chi connectivity index (χ4n) is 4.47. The number of carbonyl (C=O) groups excluding carboxylic acids is 2. The molecule has 3 fully saturated rings. The van der Waals surface area contributed by atoms with Gasteiger partial charge in [-0.05, 0) is 37.1 Å². The van der Waals surface area contributed by atoms with Crippen LogP contribution in [0.15, 0.2) is 36.7 Å². The summed E-state index contributed by atoms with van der Waals surface area (Å²) in [4.78, 5) is 37.7.